The average molecular weight is 299 g/mol. The zero-order valence-electron chi connectivity index (χ0n) is 13.3. The quantitative estimate of drug-likeness (QED) is 0.946. The third kappa shape index (κ3) is 2.32. The SMILES string of the molecule is CCN1CCCCC1n1c(C2CCCN2)nc2cccnc21. The molecule has 5 nitrogen and oxygen atoms in total. The van der Waals surface area contributed by atoms with Crippen LogP contribution in [0.4, 0.5) is 0 Å². The summed E-state index contributed by atoms with van der Waals surface area (Å²) in [5.74, 6) is 1.19. The van der Waals surface area contributed by atoms with Crippen molar-refractivity contribution >= 4 is 11.2 Å². The molecule has 2 aromatic rings. The minimum Gasteiger partial charge on any atom is -0.307 e. The Morgan fingerprint density at radius 3 is 3.05 bits per heavy atom. The Morgan fingerprint density at radius 1 is 1.27 bits per heavy atom. The van der Waals surface area contributed by atoms with Gasteiger partial charge >= 0.3 is 0 Å². The molecule has 2 fully saturated rings. The van der Waals surface area contributed by atoms with E-state index < -0.39 is 0 Å². The molecule has 1 N–H and O–H groups in total. The molecule has 4 heterocycles. The van der Waals surface area contributed by atoms with Crippen LogP contribution in [-0.2, 0) is 0 Å². The first-order valence-electron chi connectivity index (χ1n) is 8.68. The van der Waals surface area contributed by atoms with E-state index in [1.165, 1.54) is 44.5 Å². The smallest absolute Gasteiger partial charge is 0.161 e. The van der Waals surface area contributed by atoms with Crippen LogP contribution in [-0.4, -0.2) is 39.1 Å². The molecule has 0 spiro atoms. The topological polar surface area (TPSA) is 46.0 Å². The number of pyridine rings is 1. The Bertz CT molecular complexity index is 644. The molecule has 22 heavy (non-hydrogen) atoms. The molecule has 2 atom stereocenters. The highest BCUT2D eigenvalue weighted by atomic mass is 15.3. The van der Waals surface area contributed by atoms with Crippen LogP contribution >= 0.6 is 0 Å². The van der Waals surface area contributed by atoms with Crippen molar-refractivity contribution in [3.8, 4) is 0 Å². The molecule has 0 aromatic carbocycles. The monoisotopic (exact) mass is 299 g/mol. The number of nitrogens with one attached hydrogen (secondary N) is 1. The second kappa shape index (κ2) is 5.97. The lowest BCUT2D eigenvalue weighted by Gasteiger charge is -2.37. The third-order valence-electron chi connectivity index (χ3n) is 5.13. The maximum Gasteiger partial charge on any atom is 0.161 e. The molecule has 2 unspecified atom stereocenters. The molecule has 2 aromatic heterocycles. The highest BCUT2D eigenvalue weighted by Gasteiger charge is 2.30. The second-order valence-electron chi connectivity index (χ2n) is 6.44. The Kier molecular flexibility index (Phi) is 3.84. The lowest BCUT2D eigenvalue weighted by Crippen LogP contribution is -2.38. The van der Waals surface area contributed by atoms with Crippen LogP contribution in [0.1, 0.15) is 57.1 Å². The molecule has 2 saturated heterocycles. The fraction of sp³-hybridized carbons (Fsp3) is 0.647. The molecule has 0 radical (unpaired) electrons. The van der Waals surface area contributed by atoms with E-state index in [2.05, 4.69) is 32.8 Å². The summed E-state index contributed by atoms with van der Waals surface area (Å²) in [7, 11) is 0. The second-order valence-corrected chi connectivity index (χ2v) is 6.44. The number of hydrogen-bond acceptors (Lipinski definition) is 4. The van der Waals surface area contributed by atoms with E-state index in [0.29, 0.717) is 12.2 Å². The van der Waals surface area contributed by atoms with Crippen molar-refractivity contribution in [3.05, 3.63) is 24.2 Å². The molecule has 0 amide bonds. The zero-order chi connectivity index (χ0) is 14.9. The Hall–Kier alpha value is -1.46. The summed E-state index contributed by atoms with van der Waals surface area (Å²) < 4.78 is 2.43. The Balaban J connectivity index is 1.84. The van der Waals surface area contributed by atoms with Crippen molar-refractivity contribution in [3.63, 3.8) is 0 Å². The standard InChI is InChI=1S/C17H25N5/c1-2-21-12-4-3-9-15(21)22-16-14(8-6-11-19-16)20-17(22)13-7-5-10-18-13/h6,8,11,13,15,18H,2-5,7,9-10,12H2,1H3. The number of nitrogens with zero attached hydrogens (tertiary/aromatic N) is 4. The molecule has 2 aliphatic rings. The van der Waals surface area contributed by atoms with Gasteiger partial charge in [0.15, 0.2) is 5.65 Å². The van der Waals surface area contributed by atoms with Crippen LogP contribution in [0, 0.1) is 0 Å². The first-order chi connectivity index (χ1) is 10.9. The lowest BCUT2D eigenvalue weighted by atomic mass is 10.1. The molecular weight excluding hydrogens is 274 g/mol. The highest BCUT2D eigenvalue weighted by Crippen LogP contribution is 2.34. The molecule has 5 heteroatoms. The highest BCUT2D eigenvalue weighted by molar-refractivity contribution is 5.71. The van der Waals surface area contributed by atoms with E-state index >= 15 is 0 Å². The van der Waals surface area contributed by atoms with E-state index in [1.807, 2.05) is 12.3 Å². The molecule has 0 bridgehead atoms. The summed E-state index contributed by atoms with van der Waals surface area (Å²) >= 11 is 0. The van der Waals surface area contributed by atoms with Gasteiger partial charge in [0, 0.05) is 12.7 Å². The number of imidazole rings is 1. The van der Waals surface area contributed by atoms with Gasteiger partial charge in [-0.05, 0) is 57.3 Å². The maximum absolute atomic E-state index is 4.95. The van der Waals surface area contributed by atoms with Gasteiger partial charge in [-0.2, -0.15) is 0 Å². The summed E-state index contributed by atoms with van der Waals surface area (Å²) in [6.07, 6.45) is 8.54. The fourth-order valence-electron chi connectivity index (χ4n) is 4.03. The van der Waals surface area contributed by atoms with Crippen molar-refractivity contribution in [2.75, 3.05) is 19.6 Å². The molecule has 4 rings (SSSR count). The summed E-state index contributed by atoms with van der Waals surface area (Å²) in [6, 6.07) is 4.47. The number of rotatable bonds is 3. The van der Waals surface area contributed by atoms with Crippen molar-refractivity contribution in [2.45, 2.75) is 51.2 Å². The minimum atomic E-state index is 0.384. The first-order valence-corrected chi connectivity index (χ1v) is 8.68. The Labute approximate surface area is 131 Å². The normalized spacial score (nSPS) is 26.8. The molecular formula is C17H25N5. The van der Waals surface area contributed by atoms with E-state index in [1.54, 1.807) is 0 Å². The third-order valence-corrected chi connectivity index (χ3v) is 5.13. The summed E-state index contributed by atoms with van der Waals surface area (Å²) in [4.78, 5) is 12.2. The molecule has 0 saturated carbocycles. The number of fused-ring (bicyclic) bond motifs is 1. The number of likely N-dealkylation sites (tertiary alicyclic amines) is 1. The molecule has 2 aliphatic heterocycles. The summed E-state index contributed by atoms with van der Waals surface area (Å²) in [5.41, 5.74) is 2.09. The fourth-order valence-corrected chi connectivity index (χ4v) is 4.03. The van der Waals surface area contributed by atoms with Crippen molar-refractivity contribution in [2.24, 2.45) is 0 Å². The van der Waals surface area contributed by atoms with Gasteiger partial charge in [0.25, 0.3) is 0 Å². The number of piperidine rings is 1. The van der Waals surface area contributed by atoms with Crippen molar-refractivity contribution < 1.29 is 0 Å². The molecule has 0 aliphatic carbocycles. The van der Waals surface area contributed by atoms with Gasteiger partial charge < -0.3 is 5.32 Å². The van der Waals surface area contributed by atoms with Crippen LogP contribution in [0.25, 0.3) is 11.2 Å². The van der Waals surface area contributed by atoms with Gasteiger partial charge in [0.05, 0.1) is 12.2 Å². The van der Waals surface area contributed by atoms with E-state index in [0.717, 1.165) is 24.3 Å². The van der Waals surface area contributed by atoms with Crippen LogP contribution in [0.2, 0.25) is 0 Å². The van der Waals surface area contributed by atoms with Gasteiger partial charge in [0.1, 0.15) is 11.3 Å². The lowest BCUT2D eigenvalue weighted by molar-refractivity contribution is 0.101. The van der Waals surface area contributed by atoms with Crippen LogP contribution in [0.5, 0.6) is 0 Å². The van der Waals surface area contributed by atoms with E-state index in [-0.39, 0.29) is 0 Å². The number of hydrogen-bond donors (Lipinski definition) is 1. The van der Waals surface area contributed by atoms with E-state index in [9.17, 15) is 0 Å². The molecule has 118 valence electrons. The predicted molar refractivity (Wildman–Crippen MR) is 87.6 cm³/mol. The van der Waals surface area contributed by atoms with Gasteiger partial charge in [-0.15, -0.1) is 0 Å². The first kappa shape index (κ1) is 14.2. The zero-order valence-corrected chi connectivity index (χ0v) is 13.3. The predicted octanol–water partition coefficient (Wildman–Crippen LogP) is 2.86. The summed E-state index contributed by atoms with van der Waals surface area (Å²) in [5, 5.41) is 3.62. The van der Waals surface area contributed by atoms with Gasteiger partial charge in [-0.25, -0.2) is 9.97 Å². The minimum absolute atomic E-state index is 0.384. The van der Waals surface area contributed by atoms with Crippen LogP contribution < -0.4 is 5.32 Å². The van der Waals surface area contributed by atoms with Crippen molar-refractivity contribution in [1.82, 2.24) is 24.8 Å². The largest absolute Gasteiger partial charge is 0.307 e. The maximum atomic E-state index is 4.95. The average Bonchev–Trinajstić information content (AvgIpc) is 3.22. The number of aromatic nitrogens is 3. The van der Waals surface area contributed by atoms with Crippen LogP contribution in [0.15, 0.2) is 18.3 Å². The van der Waals surface area contributed by atoms with E-state index in [4.69, 9.17) is 4.98 Å². The van der Waals surface area contributed by atoms with Gasteiger partial charge in [-0.3, -0.25) is 9.47 Å². The van der Waals surface area contributed by atoms with Crippen LogP contribution in [0.3, 0.4) is 0 Å². The van der Waals surface area contributed by atoms with Gasteiger partial charge in [-0.1, -0.05) is 6.92 Å². The summed E-state index contributed by atoms with van der Waals surface area (Å²) in [6.45, 7) is 5.64. The Morgan fingerprint density at radius 2 is 2.23 bits per heavy atom. The van der Waals surface area contributed by atoms with Gasteiger partial charge in [0.2, 0.25) is 0 Å². The van der Waals surface area contributed by atoms with Crippen molar-refractivity contribution in [1.29, 1.82) is 0 Å².